The van der Waals surface area contributed by atoms with Gasteiger partial charge in [0.1, 0.15) is 12.7 Å². The molecule has 3 N–H and O–H groups in total. The Balaban J connectivity index is 2.79. The van der Waals surface area contributed by atoms with Crippen molar-refractivity contribution in [1.29, 1.82) is 5.53 Å². The van der Waals surface area contributed by atoms with Crippen molar-refractivity contribution < 1.29 is 38.5 Å². The number of carbonyl (C=O) groups excluding carboxylic acids is 3. The van der Waals surface area contributed by atoms with Gasteiger partial charge in [-0.3, -0.25) is 9.59 Å². The van der Waals surface area contributed by atoms with Crippen molar-refractivity contribution in [3.8, 4) is 0 Å². The quantitative estimate of drug-likeness (QED) is 0.105. The van der Waals surface area contributed by atoms with Crippen LogP contribution in [0.4, 0.5) is 4.79 Å². The van der Waals surface area contributed by atoms with Gasteiger partial charge in [-0.05, 0) is 6.92 Å². The Bertz CT molecular complexity index is 624. The highest BCUT2D eigenvalue weighted by atomic mass is 16.7. The minimum absolute atomic E-state index is 0.0529. The maximum Gasteiger partial charge on any atom is 0.508 e. The molecule has 4 atom stereocenters. The van der Waals surface area contributed by atoms with Gasteiger partial charge in [-0.25, -0.2) is 9.59 Å². The van der Waals surface area contributed by atoms with Crippen LogP contribution in [0.2, 0.25) is 0 Å². The van der Waals surface area contributed by atoms with E-state index in [9.17, 15) is 19.2 Å². The molecule has 0 unspecified atom stereocenters. The first-order valence-corrected chi connectivity index (χ1v) is 7.01. The zero-order valence-corrected chi connectivity index (χ0v) is 13.1. The molecule has 1 heterocycles. The van der Waals surface area contributed by atoms with Gasteiger partial charge in [-0.1, -0.05) is 19.6 Å². The zero-order chi connectivity index (χ0) is 18.4. The van der Waals surface area contributed by atoms with Crippen LogP contribution in [-0.2, 0) is 23.9 Å². The Kier molecular flexibility index (Phi) is 6.37. The molecule has 0 aromatic heterocycles. The minimum atomic E-state index is -1.62. The van der Waals surface area contributed by atoms with Crippen molar-refractivity contribution in [3.05, 3.63) is 12.7 Å². The fraction of sp³-hybridized carbons (Fsp3) is 0.500. The third kappa shape index (κ3) is 4.05. The molecule has 0 aromatic carbocycles. The van der Waals surface area contributed by atoms with Crippen molar-refractivity contribution in [2.75, 3.05) is 6.61 Å². The van der Waals surface area contributed by atoms with Gasteiger partial charge in [0.15, 0.2) is 0 Å². The molecule has 24 heavy (non-hydrogen) atoms. The van der Waals surface area contributed by atoms with Gasteiger partial charge in [0.2, 0.25) is 5.91 Å². The van der Waals surface area contributed by atoms with E-state index >= 15 is 0 Å². The molecule has 0 bridgehead atoms. The first kappa shape index (κ1) is 19.0. The number of aliphatic carboxylic acids is 1. The van der Waals surface area contributed by atoms with Crippen molar-refractivity contribution in [2.45, 2.75) is 26.0 Å². The number of hydrogen-bond donors (Lipinski definition) is 3. The van der Waals surface area contributed by atoms with E-state index in [2.05, 4.69) is 21.4 Å². The lowest BCUT2D eigenvalue weighted by atomic mass is 9.76. The number of rotatable bonds is 8. The monoisotopic (exact) mass is 340 g/mol. The Hall–Kier alpha value is -3.00. The van der Waals surface area contributed by atoms with Gasteiger partial charge < -0.3 is 19.9 Å². The highest BCUT2D eigenvalue weighted by molar-refractivity contribution is 6.62. The van der Waals surface area contributed by atoms with E-state index in [-0.39, 0.29) is 6.61 Å². The molecule has 1 fully saturated rings. The number of ether oxygens (including phenoxy) is 2. The Morgan fingerprint density at radius 1 is 1.46 bits per heavy atom. The van der Waals surface area contributed by atoms with E-state index in [1.807, 2.05) is 0 Å². The number of nitrogens with zero attached hydrogens (tertiary/aromatic N) is 1. The predicted octanol–water partition coefficient (Wildman–Crippen LogP) is -0.201. The maximum atomic E-state index is 12.1. The summed E-state index contributed by atoms with van der Waals surface area (Å²) in [7, 11) is 0. The average molecular weight is 340 g/mol. The van der Waals surface area contributed by atoms with E-state index < -0.39 is 53.5 Å². The van der Waals surface area contributed by atoms with E-state index in [1.165, 1.54) is 19.9 Å². The Labute approximate surface area is 137 Å². The molecule has 0 aliphatic carbocycles. The first-order valence-electron chi connectivity index (χ1n) is 7.01. The van der Waals surface area contributed by atoms with E-state index in [1.54, 1.807) is 0 Å². The maximum absolute atomic E-state index is 12.1. The van der Waals surface area contributed by atoms with Crippen LogP contribution in [0, 0.1) is 17.4 Å². The van der Waals surface area contributed by atoms with Gasteiger partial charge in [0.25, 0.3) is 5.78 Å². The van der Waals surface area contributed by atoms with E-state index in [0.29, 0.717) is 0 Å². The van der Waals surface area contributed by atoms with E-state index in [0.717, 1.165) is 0 Å². The molecule has 1 aliphatic rings. The number of carboxylic acids is 1. The largest absolute Gasteiger partial charge is 0.508 e. The molecule has 130 valence electrons. The van der Waals surface area contributed by atoms with Crippen LogP contribution in [0.25, 0.3) is 0 Å². The molecule has 0 saturated carbocycles. The van der Waals surface area contributed by atoms with Crippen molar-refractivity contribution >= 4 is 29.5 Å². The average Bonchev–Trinajstić information content (AvgIpc) is 2.49. The van der Waals surface area contributed by atoms with Crippen molar-refractivity contribution in [2.24, 2.45) is 11.8 Å². The van der Waals surface area contributed by atoms with Crippen molar-refractivity contribution in [3.63, 3.8) is 0 Å². The second kappa shape index (κ2) is 8.02. The normalized spacial score (nSPS) is 21.2. The first-order chi connectivity index (χ1) is 11.2. The van der Waals surface area contributed by atoms with Crippen LogP contribution in [0.15, 0.2) is 12.7 Å². The molecular weight excluding hydrogens is 322 g/mol. The summed E-state index contributed by atoms with van der Waals surface area (Å²) < 4.78 is 9.60. The van der Waals surface area contributed by atoms with Crippen LogP contribution >= 0.6 is 0 Å². The summed E-state index contributed by atoms with van der Waals surface area (Å²) in [5, 5.41) is 11.3. The van der Waals surface area contributed by atoms with Gasteiger partial charge in [0.05, 0.1) is 22.3 Å². The van der Waals surface area contributed by atoms with Gasteiger partial charge in [-0.2, -0.15) is 0 Å². The molecule has 0 aromatic rings. The topological polar surface area (TPSA) is 157 Å². The molecule has 1 saturated heterocycles. The molecular formula is C14H18N3O7+. The smallest absolute Gasteiger partial charge is 0.472 e. The summed E-state index contributed by atoms with van der Waals surface area (Å²) >= 11 is 0. The predicted molar refractivity (Wildman–Crippen MR) is 77.3 cm³/mol. The lowest BCUT2D eigenvalue weighted by molar-refractivity contribution is -0.155. The van der Waals surface area contributed by atoms with E-state index in [4.69, 9.17) is 15.4 Å². The number of Topliss-reactive ketones (excluding diaryl/α,β-unsaturated/α-hetero) is 1. The summed E-state index contributed by atoms with van der Waals surface area (Å²) in [6.45, 7) is 6.17. The molecule has 1 rings (SSSR count). The van der Waals surface area contributed by atoms with Gasteiger partial charge in [0, 0.05) is 5.92 Å². The lowest BCUT2D eigenvalue weighted by Crippen LogP contribution is -2.66. The summed E-state index contributed by atoms with van der Waals surface area (Å²) in [5.74, 6) is -4.76. The highest BCUT2D eigenvalue weighted by Crippen LogP contribution is 2.28. The van der Waals surface area contributed by atoms with Crippen LogP contribution in [0.5, 0.6) is 0 Å². The Morgan fingerprint density at radius 2 is 2.08 bits per heavy atom. The number of carbonyl (C=O) groups is 4. The van der Waals surface area contributed by atoms with Gasteiger partial charge in [-0.15, -0.1) is 0 Å². The highest BCUT2D eigenvalue weighted by Gasteiger charge is 2.51. The second-order valence-electron chi connectivity index (χ2n) is 5.15. The van der Waals surface area contributed by atoms with Crippen LogP contribution < -0.4 is 5.32 Å². The third-order valence-corrected chi connectivity index (χ3v) is 3.61. The lowest BCUT2D eigenvalue weighted by Gasteiger charge is -2.41. The number of nitrogens with one attached hydrogen (secondary N) is 2. The number of β-lactam (4-membered cyclic amide) rings is 1. The summed E-state index contributed by atoms with van der Waals surface area (Å²) in [6.07, 6.45) is -0.532. The van der Waals surface area contributed by atoms with Crippen LogP contribution in [0.1, 0.15) is 13.8 Å². The Morgan fingerprint density at radius 3 is 2.54 bits per heavy atom. The van der Waals surface area contributed by atoms with Crippen LogP contribution in [-0.4, -0.2) is 58.2 Å². The standard InChI is InChI=1S/C14H17N3O7/c1-4-5-23-14(22)24-7(3)8-9(16-12(8)19)6(2)11(18)10(17-15)13(20)21/h4,6-9,15H,1,5H2,2-3H3,(H-,16,19,20,21)/p+1/t6-,7-,8-,9-/m1/s1. The number of hydrogen-bond acceptors (Lipinski definition) is 7. The zero-order valence-electron chi connectivity index (χ0n) is 13.1. The van der Waals surface area contributed by atoms with Crippen LogP contribution in [0.3, 0.4) is 0 Å². The molecule has 10 heteroatoms. The molecule has 1 amide bonds. The number of amides is 1. The minimum Gasteiger partial charge on any atom is -0.472 e. The fourth-order valence-electron chi connectivity index (χ4n) is 2.33. The summed E-state index contributed by atoms with van der Waals surface area (Å²) in [6, 6.07) is -0.747. The molecule has 10 nitrogen and oxygen atoms in total. The van der Waals surface area contributed by atoms with Gasteiger partial charge >= 0.3 is 17.8 Å². The third-order valence-electron chi connectivity index (χ3n) is 3.61. The SMILES string of the molecule is C=CCOC(=O)O[C@H](C)[C@H]1C(=O)N[C@@H]1[C@@H](C)C(=O)C(=[N+]=N)C(=O)O. The fourth-order valence-corrected chi connectivity index (χ4v) is 2.33. The molecule has 0 spiro atoms. The summed E-state index contributed by atoms with van der Waals surface area (Å²) in [4.78, 5) is 48.8. The number of carboxylic acid groups (broad SMARTS) is 1. The second-order valence-corrected chi connectivity index (χ2v) is 5.15. The molecule has 1 aliphatic heterocycles. The molecule has 0 radical (unpaired) electrons. The number of ketones is 1. The van der Waals surface area contributed by atoms with Crippen molar-refractivity contribution in [1.82, 2.24) is 5.32 Å². The summed E-state index contributed by atoms with van der Waals surface area (Å²) in [5.41, 5.74) is 5.84.